The lowest BCUT2D eigenvalue weighted by Crippen LogP contribution is -1.99. The molecule has 1 rings (SSSR count). The Hall–Kier alpha value is -2.30. The fourth-order valence-corrected chi connectivity index (χ4v) is 1.52. The maximum absolute atomic E-state index is 11.3. The van der Waals surface area contributed by atoms with E-state index in [4.69, 9.17) is 14.2 Å². The molecule has 102 valence electrons. The average Bonchev–Trinajstić information content (AvgIpc) is 2.44. The molecule has 0 amide bonds. The van der Waals surface area contributed by atoms with Crippen molar-refractivity contribution in [3.8, 4) is 11.5 Å². The van der Waals surface area contributed by atoms with Crippen LogP contribution in [0.15, 0.2) is 18.2 Å². The van der Waals surface area contributed by atoms with Gasteiger partial charge < -0.3 is 14.2 Å². The molecule has 1 aromatic rings. The van der Waals surface area contributed by atoms with Crippen molar-refractivity contribution in [1.29, 1.82) is 0 Å². The number of hydrogen-bond donors (Lipinski definition) is 0. The number of esters is 1. The van der Waals surface area contributed by atoms with Crippen LogP contribution in [0.2, 0.25) is 0 Å². The summed E-state index contributed by atoms with van der Waals surface area (Å²) in [6.07, 6.45) is 3.52. The average molecular weight is 264 g/mol. The molecule has 0 aliphatic heterocycles. The first kappa shape index (κ1) is 14.8. The summed E-state index contributed by atoms with van der Waals surface area (Å²) in [6, 6.07) is 3.18. The molecular formula is C14H16O5. The quantitative estimate of drug-likeness (QED) is 0.447. The first-order chi connectivity index (χ1) is 9.15. The summed E-state index contributed by atoms with van der Waals surface area (Å²) in [6.45, 7) is 2.04. The molecule has 0 bridgehead atoms. The van der Waals surface area contributed by atoms with Gasteiger partial charge in [0.05, 0.1) is 26.4 Å². The molecule has 0 saturated carbocycles. The predicted octanol–water partition coefficient (Wildman–Crippen LogP) is 2.09. The molecule has 0 atom stereocenters. The van der Waals surface area contributed by atoms with Crippen LogP contribution in [0.3, 0.4) is 0 Å². The molecule has 5 heteroatoms. The van der Waals surface area contributed by atoms with Crippen molar-refractivity contribution in [2.24, 2.45) is 0 Å². The van der Waals surface area contributed by atoms with Crippen LogP contribution in [0.1, 0.15) is 22.8 Å². The second-order valence-electron chi connectivity index (χ2n) is 3.54. The molecule has 0 unspecified atom stereocenters. The summed E-state index contributed by atoms with van der Waals surface area (Å²) < 4.78 is 15.0. The first-order valence-electron chi connectivity index (χ1n) is 5.72. The number of methoxy groups -OCH3 is 2. The molecule has 0 heterocycles. The van der Waals surface area contributed by atoms with Gasteiger partial charge in [0.1, 0.15) is 11.5 Å². The summed E-state index contributed by atoms with van der Waals surface area (Å²) in [5, 5.41) is 0. The van der Waals surface area contributed by atoms with Gasteiger partial charge in [0, 0.05) is 11.6 Å². The Balaban J connectivity index is 3.11. The molecular weight excluding hydrogens is 248 g/mol. The second-order valence-corrected chi connectivity index (χ2v) is 3.54. The second kappa shape index (κ2) is 7.20. The van der Waals surface area contributed by atoms with Crippen molar-refractivity contribution < 1.29 is 23.8 Å². The van der Waals surface area contributed by atoms with Gasteiger partial charge in [0.2, 0.25) is 0 Å². The van der Waals surface area contributed by atoms with Gasteiger partial charge >= 0.3 is 5.97 Å². The number of rotatable bonds is 6. The molecule has 0 saturated heterocycles. The van der Waals surface area contributed by atoms with Crippen molar-refractivity contribution in [2.75, 3.05) is 20.8 Å². The third kappa shape index (κ3) is 3.84. The fourth-order valence-electron chi connectivity index (χ4n) is 1.52. The Bertz CT molecular complexity index is 491. The Morgan fingerprint density at radius 3 is 2.26 bits per heavy atom. The highest BCUT2D eigenvalue weighted by atomic mass is 16.5. The SMILES string of the molecule is CCOC(=O)C=Cc1cc(OC)c(C=O)cc1OC. The summed E-state index contributed by atoms with van der Waals surface area (Å²) in [7, 11) is 2.95. The van der Waals surface area contributed by atoms with Gasteiger partial charge in [-0.05, 0) is 25.1 Å². The van der Waals surface area contributed by atoms with E-state index in [1.807, 2.05) is 0 Å². The highest BCUT2D eigenvalue weighted by Gasteiger charge is 2.09. The van der Waals surface area contributed by atoms with Crippen LogP contribution in [-0.4, -0.2) is 33.1 Å². The van der Waals surface area contributed by atoms with E-state index in [2.05, 4.69) is 0 Å². The Labute approximate surface area is 111 Å². The molecule has 0 radical (unpaired) electrons. The van der Waals surface area contributed by atoms with Gasteiger partial charge in [-0.3, -0.25) is 4.79 Å². The van der Waals surface area contributed by atoms with Gasteiger partial charge in [0.25, 0.3) is 0 Å². The van der Waals surface area contributed by atoms with Crippen molar-refractivity contribution >= 4 is 18.3 Å². The Kier molecular flexibility index (Phi) is 5.60. The highest BCUT2D eigenvalue weighted by Crippen LogP contribution is 2.28. The normalized spacial score (nSPS) is 10.3. The van der Waals surface area contributed by atoms with Crippen LogP contribution >= 0.6 is 0 Å². The van der Waals surface area contributed by atoms with Crippen LogP contribution in [0, 0.1) is 0 Å². The largest absolute Gasteiger partial charge is 0.496 e. The molecule has 0 aromatic heterocycles. The van der Waals surface area contributed by atoms with Crippen LogP contribution < -0.4 is 9.47 Å². The van der Waals surface area contributed by atoms with Gasteiger partial charge in [-0.2, -0.15) is 0 Å². The zero-order chi connectivity index (χ0) is 14.3. The topological polar surface area (TPSA) is 61.8 Å². The summed E-state index contributed by atoms with van der Waals surface area (Å²) in [4.78, 5) is 22.1. The Morgan fingerprint density at radius 2 is 1.74 bits per heavy atom. The molecule has 19 heavy (non-hydrogen) atoms. The number of carbonyl (C=O) groups is 2. The van der Waals surface area contributed by atoms with Crippen molar-refractivity contribution in [3.05, 3.63) is 29.3 Å². The maximum atomic E-state index is 11.3. The monoisotopic (exact) mass is 264 g/mol. The molecule has 0 N–H and O–H groups in total. The fraction of sp³-hybridized carbons (Fsp3) is 0.286. The minimum absolute atomic E-state index is 0.313. The van der Waals surface area contributed by atoms with Crippen molar-refractivity contribution in [3.63, 3.8) is 0 Å². The van der Waals surface area contributed by atoms with E-state index in [0.29, 0.717) is 35.5 Å². The lowest BCUT2D eigenvalue weighted by molar-refractivity contribution is -0.137. The maximum Gasteiger partial charge on any atom is 0.330 e. The summed E-state index contributed by atoms with van der Waals surface area (Å²) >= 11 is 0. The van der Waals surface area contributed by atoms with Gasteiger partial charge in [-0.25, -0.2) is 4.79 Å². The third-order valence-electron chi connectivity index (χ3n) is 2.39. The summed E-state index contributed by atoms with van der Waals surface area (Å²) in [5.41, 5.74) is 1.01. The third-order valence-corrected chi connectivity index (χ3v) is 2.39. The molecule has 1 aromatic carbocycles. The van der Waals surface area contributed by atoms with Crippen LogP contribution in [-0.2, 0) is 9.53 Å². The van der Waals surface area contributed by atoms with E-state index in [1.54, 1.807) is 25.1 Å². The molecule has 0 spiro atoms. The minimum Gasteiger partial charge on any atom is -0.496 e. The molecule has 5 nitrogen and oxygen atoms in total. The van der Waals surface area contributed by atoms with E-state index in [-0.39, 0.29) is 0 Å². The van der Waals surface area contributed by atoms with E-state index in [0.717, 1.165) is 0 Å². The highest BCUT2D eigenvalue weighted by molar-refractivity contribution is 5.88. The lowest BCUT2D eigenvalue weighted by Gasteiger charge is -2.09. The van der Waals surface area contributed by atoms with Crippen LogP contribution in [0.4, 0.5) is 0 Å². The first-order valence-corrected chi connectivity index (χ1v) is 5.72. The predicted molar refractivity (Wildman–Crippen MR) is 70.6 cm³/mol. The molecule has 0 fully saturated rings. The van der Waals surface area contributed by atoms with Crippen LogP contribution in [0.25, 0.3) is 6.08 Å². The van der Waals surface area contributed by atoms with Crippen molar-refractivity contribution in [1.82, 2.24) is 0 Å². The zero-order valence-electron chi connectivity index (χ0n) is 11.1. The molecule has 0 aliphatic carbocycles. The standard InChI is InChI=1S/C14H16O5/c1-4-19-14(16)6-5-10-7-13(18-3)11(9-15)8-12(10)17-2/h5-9H,4H2,1-3H3. The summed E-state index contributed by atoms with van der Waals surface area (Å²) in [5.74, 6) is 0.450. The van der Waals surface area contributed by atoms with Crippen LogP contribution in [0.5, 0.6) is 11.5 Å². The van der Waals surface area contributed by atoms with E-state index < -0.39 is 5.97 Å². The minimum atomic E-state index is -0.442. The smallest absolute Gasteiger partial charge is 0.330 e. The lowest BCUT2D eigenvalue weighted by atomic mass is 10.1. The number of aldehydes is 1. The van der Waals surface area contributed by atoms with E-state index in [1.165, 1.54) is 20.3 Å². The Morgan fingerprint density at radius 1 is 1.16 bits per heavy atom. The van der Waals surface area contributed by atoms with Gasteiger partial charge in [-0.1, -0.05) is 0 Å². The number of hydrogen-bond acceptors (Lipinski definition) is 5. The van der Waals surface area contributed by atoms with Gasteiger partial charge in [-0.15, -0.1) is 0 Å². The van der Waals surface area contributed by atoms with E-state index in [9.17, 15) is 9.59 Å². The van der Waals surface area contributed by atoms with Gasteiger partial charge in [0.15, 0.2) is 6.29 Å². The number of benzene rings is 1. The number of carbonyl (C=O) groups excluding carboxylic acids is 2. The number of ether oxygens (including phenoxy) is 3. The van der Waals surface area contributed by atoms with E-state index >= 15 is 0 Å². The van der Waals surface area contributed by atoms with Crippen molar-refractivity contribution in [2.45, 2.75) is 6.92 Å². The zero-order valence-corrected chi connectivity index (χ0v) is 11.1. The molecule has 0 aliphatic rings.